The molecular weight excluding hydrogens is 318 g/mol. The quantitative estimate of drug-likeness (QED) is 0.505. The van der Waals surface area contributed by atoms with E-state index < -0.39 is 5.41 Å². The minimum atomic E-state index is -0.407. The Balaban J connectivity index is 1.35. The first-order valence-electron chi connectivity index (χ1n) is 9.17. The molecule has 25 heavy (non-hydrogen) atoms. The van der Waals surface area contributed by atoms with Crippen LogP contribution in [0.25, 0.3) is 0 Å². The van der Waals surface area contributed by atoms with Crippen LogP contribution in [0.15, 0.2) is 24.3 Å². The molecule has 1 aliphatic heterocycles. The summed E-state index contributed by atoms with van der Waals surface area (Å²) < 4.78 is 11.2. The van der Waals surface area contributed by atoms with Gasteiger partial charge in [-0.25, -0.2) is 0 Å². The number of anilines is 1. The maximum Gasteiger partial charge on any atom is 0.314 e. The van der Waals surface area contributed by atoms with Crippen LogP contribution in [-0.4, -0.2) is 24.1 Å². The fourth-order valence-corrected chi connectivity index (χ4v) is 4.13. The Morgan fingerprint density at radius 2 is 1.92 bits per heavy atom. The molecule has 1 N–H and O–H groups in total. The zero-order valence-electron chi connectivity index (χ0n) is 15.0. The number of benzene rings is 1. The summed E-state index contributed by atoms with van der Waals surface area (Å²) >= 11 is 0. The van der Waals surface area contributed by atoms with Gasteiger partial charge in [0.2, 0.25) is 5.91 Å². The monoisotopic (exact) mass is 343 g/mol. The predicted molar refractivity (Wildman–Crippen MR) is 93.1 cm³/mol. The molecule has 3 fully saturated rings. The van der Waals surface area contributed by atoms with Gasteiger partial charge in [0.05, 0.1) is 18.1 Å². The molecule has 0 spiro atoms. The number of epoxide rings is 1. The van der Waals surface area contributed by atoms with Crippen molar-refractivity contribution in [1.29, 1.82) is 0 Å². The molecule has 3 aliphatic rings. The van der Waals surface area contributed by atoms with Crippen LogP contribution in [0.2, 0.25) is 0 Å². The van der Waals surface area contributed by atoms with Crippen LogP contribution in [0, 0.1) is 23.2 Å². The number of rotatable bonds is 5. The molecule has 1 heterocycles. The highest BCUT2D eigenvalue weighted by Gasteiger charge is 2.64. The van der Waals surface area contributed by atoms with E-state index in [1.54, 1.807) is 24.3 Å². The third-order valence-corrected chi connectivity index (χ3v) is 6.23. The lowest BCUT2D eigenvalue weighted by molar-refractivity contribution is -0.140. The number of fused-ring (bicyclic) bond motifs is 5. The summed E-state index contributed by atoms with van der Waals surface area (Å²) in [4.78, 5) is 24.7. The van der Waals surface area contributed by atoms with Gasteiger partial charge in [0, 0.05) is 17.0 Å². The maximum atomic E-state index is 12.5. The fraction of sp³-hybridized carbons (Fsp3) is 0.600. The molecule has 5 unspecified atom stereocenters. The summed E-state index contributed by atoms with van der Waals surface area (Å²) in [6, 6.07) is 7.01. The van der Waals surface area contributed by atoms with Crippen LogP contribution < -0.4 is 10.1 Å². The third kappa shape index (κ3) is 2.95. The average Bonchev–Trinajstić information content (AvgIpc) is 3.20. The van der Waals surface area contributed by atoms with Gasteiger partial charge in [-0.15, -0.1) is 0 Å². The van der Waals surface area contributed by atoms with E-state index in [1.165, 1.54) is 0 Å². The second-order valence-electron chi connectivity index (χ2n) is 8.20. The standard InChI is InChI=1S/C20H25NO4/c1-4-20(2,3)19(23)21-12-5-7-13(8-6-12)24-18(22)15-10-11-9-14(15)17-16(11)25-17/h5-8,11,14-17H,4,9-10H2,1-3H3,(H,21,23). The smallest absolute Gasteiger partial charge is 0.314 e. The van der Waals surface area contributed by atoms with Gasteiger partial charge >= 0.3 is 5.97 Å². The van der Waals surface area contributed by atoms with Gasteiger partial charge in [-0.1, -0.05) is 20.8 Å². The van der Waals surface area contributed by atoms with Crippen LogP contribution in [-0.2, 0) is 14.3 Å². The molecule has 134 valence electrons. The Bertz CT molecular complexity index is 696. The molecule has 4 rings (SSSR count). The zero-order chi connectivity index (χ0) is 17.8. The highest BCUT2D eigenvalue weighted by molar-refractivity contribution is 5.94. The average molecular weight is 343 g/mol. The topological polar surface area (TPSA) is 67.9 Å². The Hall–Kier alpha value is -1.88. The van der Waals surface area contributed by atoms with Crippen molar-refractivity contribution in [2.75, 3.05) is 5.32 Å². The van der Waals surface area contributed by atoms with Crippen molar-refractivity contribution >= 4 is 17.6 Å². The number of carbonyl (C=O) groups is 2. The van der Waals surface area contributed by atoms with E-state index in [4.69, 9.17) is 9.47 Å². The number of amides is 1. The van der Waals surface area contributed by atoms with Gasteiger partial charge in [-0.3, -0.25) is 9.59 Å². The van der Waals surface area contributed by atoms with Crippen molar-refractivity contribution in [1.82, 2.24) is 0 Å². The molecule has 1 aromatic carbocycles. The predicted octanol–water partition coefficient (Wildman–Crippen LogP) is 3.39. The van der Waals surface area contributed by atoms with E-state index in [2.05, 4.69) is 5.32 Å². The fourth-order valence-electron chi connectivity index (χ4n) is 4.13. The lowest BCUT2D eigenvalue weighted by Crippen LogP contribution is -2.30. The van der Waals surface area contributed by atoms with Crippen molar-refractivity contribution in [3.8, 4) is 5.75 Å². The van der Waals surface area contributed by atoms with E-state index in [-0.39, 0.29) is 17.8 Å². The van der Waals surface area contributed by atoms with Crippen molar-refractivity contribution < 1.29 is 19.1 Å². The zero-order valence-corrected chi connectivity index (χ0v) is 15.0. The molecule has 2 bridgehead atoms. The number of carbonyl (C=O) groups excluding carboxylic acids is 2. The minimum Gasteiger partial charge on any atom is -0.426 e. The van der Waals surface area contributed by atoms with Crippen molar-refractivity contribution in [3.63, 3.8) is 0 Å². The molecular formula is C20H25NO4. The number of hydrogen-bond acceptors (Lipinski definition) is 4. The van der Waals surface area contributed by atoms with Gasteiger partial charge in [0.15, 0.2) is 0 Å². The summed E-state index contributed by atoms with van der Waals surface area (Å²) in [5.41, 5.74) is 0.302. The summed E-state index contributed by atoms with van der Waals surface area (Å²) in [6.45, 7) is 5.83. The first-order valence-corrected chi connectivity index (χ1v) is 9.17. The minimum absolute atomic E-state index is 0.0132. The Labute approximate surface area is 148 Å². The second kappa shape index (κ2) is 5.84. The summed E-state index contributed by atoms with van der Waals surface area (Å²) in [7, 11) is 0. The van der Waals surface area contributed by atoms with Gasteiger partial charge in [-0.2, -0.15) is 0 Å². The molecule has 1 aromatic rings. The third-order valence-electron chi connectivity index (χ3n) is 6.23. The molecule has 2 aliphatic carbocycles. The Morgan fingerprint density at radius 1 is 1.20 bits per heavy atom. The first-order chi connectivity index (χ1) is 11.9. The van der Waals surface area contributed by atoms with E-state index in [1.807, 2.05) is 20.8 Å². The lowest BCUT2D eigenvalue weighted by Gasteiger charge is -2.21. The van der Waals surface area contributed by atoms with E-state index in [0.29, 0.717) is 35.5 Å². The Kier molecular flexibility index (Phi) is 3.87. The van der Waals surface area contributed by atoms with Crippen LogP contribution >= 0.6 is 0 Å². The van der Waals surface area contributed by atoms with E-state index >= 15 is 0 Å². The highest BCUT2D eigenvalue weighted by atomic mass is 16.6. The lowest BCUT2D eigenvalue weighted by atomic mass is 9.89. The normalized spacial score (nSPS) is 32.2. The van der Waals surface area contributed by atoms with E-state index in [0.717, 1.165) is 19.3 Å². The Morgan fingerprint density at radius 3 is 2.52 bits per heavy atom. The molecule has 2 saturated carbocycles. The van der Waals surface area contributed by atoms with E-state index in [9.17, 15) is 9.59 Å². The van der Waals surface area contributed by atoms with Crippen LogP contribution in [0.5, 0.6) is 5.75 Å². The molecule has 1 amide bonds. The maximum absolute atomic E-state index is 12.5. The van der Waals surface area contributed by atoms with Crippen LogP contribution in [0.3, 0.4) is 0 Å². The molecule has 0 radical (unpaired) electrons. The second-order valence-corrected chi connectivity index (χ2v) is 8.20. The number of nitrogens with one attached hydrogen (secondary N) is 1. The number of hydrogen-bond donors (Lipinski definition) is 1. The van der Waals surface area contributed by atoms with Gasteiger partial charge in [-0.05, 0) is 49.4 Å². The summed E-state index contributed by atoms with van der Waals surface area (Å²) in [6.07, 6.45) is 3.49. The molecule has 5 atom stereocenters. The van der Waals surface area contributed by atoms with Crippen LogP contribution in [0.4, 0.5) is 5.69 Å². The summed E-state index contributed by atoms with van der Waals surface area (Å²) in [5.74, 6) is 1.22. The summed E-state index contributed by atoms with van der Waals surface area (Å²) in [5, 5.41) is 2.91. The molecule has 1 saturated heterocycles. The van der Waals surface area contributed by atoms with Crippen molar-refractivity contribution in [3.05, 3.63) is 24.3 Å². The van der Waals surface area contributed by atoms with Gasteiger partial charge < -0.3 is 14.8 Å². The van der Waals surface area contributed by atoms with Crippen LogP contribution in [0.1, 0.15) is 40.0 Å². The SMILES string of the molecule is CCC(C)(C)C(=O)Nc1ccc(OC(=O)C2CC3CC2C2OC32)cc1. The van der Waals surface area contributed by atoms with Crippen molar-refractivity contribution in [2.24, 2.45) is 23.2 Å². The van der Waals surface area contributed by atoms with Gasteiger partial charge in [0.1, 0.15) is 5.75 Å². The van der Waals surface area contributed by atoms with Gasteiger partial charge in [0.25, 0.3) is 0 Å². The molecule has 5 heteroatoms. The van der Waals surface area contributed by atoms with Crippen molar-refractivity contribution in [2.45, 2.75) is 52.2 Å². The number of ether oxygens (including phenoxy) is 2. The molecule has 5 nitrogen and oxygen atoms in total. The highest BCUT2D eigenvalue weighted by Crippen LogP contribution is 2.59. The first kappa shape index (κ1) is 16.6. The number of esters is 1. The largest absolute Gasteiger partial charge is 0.426 e. The molecule has 0 aromatic heterocycles.